The van der Waals surface area contributed by atoms with Gasteiger partial charge in [-0.05, 0) is 57.3 Å². The normalized spacial score (nSPS) is 31.7. The molecule has 3 saturated carbocycles. The van der Waals surface area contributed by atoms with E-state index in [1.807, 2.05) is 0 Å². The van der Waals surface area contributed by atoms with Crippen LogP contribution in [0.1, 0.15) is 40.7 Å². The van der Waals surface area contributed by atoms with Crippen LogP contribution in [0.3, 0.4) is 0 Å². The number of phenolic OH excluding ortho intramolecular Hbond substituents is 1. The third kappa shape index (κ3) is 4.09. The fourth-order valence-corrected chi connectivity index (χ4v) is 6.95. The number of likely N-dealkylation sites (N-methyl/N-ethyl adjacent to an activating group) is 1. The number of hydrogen-bond acceptors (Lipinski definition) is 11. The van der Waals surface area contributed by atoms with Crippen molar-refractivity contribution >= 4 is 40.6 Å². The molecule has 220 valence electrons. The van der Waals surface area contributed by atoms with Crippen molar-refractivity contribution < 1.29 is 39.0 Å². The average molecular weight is 570 g/mol. The maximum Gasteiger partial charge on any atom is 0.240 e. The molecule has 2 unspecified atom stereocenters. The highest BCUT2D eigenvalue weighted by Gasteiger charge is 2.69. The number of benzene rings is 1. The molecular formula is C28H35N5O8. The van der Waals surface area contributed by atoms with Gasteiger partial charge in [-0.1, -0.05) is 0 Å². The van der Waals surface area contributed by atoms with Gasteiger partial charge in [0.15, 0.2) is 34.7 Å². The van der Waals surface area contributed by atoms with Crippen molar-refractivity contribution in [2.75, 3.05) is 33.1 Å². The number of nitrogens with one attached hydrogen (secondary N) is 1. The summed E-state index contributed by atoms with van der Waals surface area (Å²) in [5.74, 6) is -11.5. The van der Waals surface area contributed by atoms with Crippen LogP contribution in [-0.2, 0) is 36.9 Å². The molecule has 0 heterocycles. The quantitative estimate of drug-likeness (QED) is 0.237. The molecule has 13 heteroatoms. The molecule has 3 fully saturated rings. The van der Waals surface area contributed by atoms with Gasteiger partial charge in [0.05, 0.1) is 23.1 Å². The third-order valence-electron chi connectivity index (χ3n) is 9.28. The number of carbonyl (C=O) groups is 6. The van der Waals surface area contributed by atoms with Crippen LogP contribution in [0.4, 0.5) is 5.69 Å². The first-order valence-corrected chi connectivity index (χ1v) is 13.5. The molecule has 0 bridgehead atoms. The fourth-order valence-electron chi connectivity index (χ4n) is 6.95. The molecule has 1 aromatic rings. The third-order valence-corrected chi connectivity index (χ3v) is 9.28. The van der Waals surface area contributed by atoms with E-state index in [9.17, 15) is 39.0 Å². The molecule has 7 N–H and O–H groups in total. The van der Waals surface area contributed by atoms with Crippen LogP contribution >= 0.6 is 0 Å². The largest absolute Gasteiger partial charge is 0.507 e. The Morgan fingerprint density at radius 2 is 1.73 bits per heavy atom. The second kappa shape index (κ2) is 9.43. The molecule has 0 aromatic heterocycles. The Labute approximate surface area is 236 Å². The van der Waals surface area contributed by atoms with E-state index in [0.29, 0.717) is 24.1 Å². The summed E-state index contributed by atoms with van der Waals surface area (Å²) < 4.78 is 0. The lowest BCUT2D eigenvalue weighted by atomic mass is 9.52. The second-order valence-corrected chi connectivity index (χ2v) is 12.3. The number of carbonyl (C=O) groups excluding carboxylic acids is 6. The Bertz CT molecular complexity index is 1420. The van der Waals surface area contributed by atoms with E-state index >= 15 is 0 Å². The number of Topliss-reactive ketones (excluding diaryl/α,β-unsaturated/α-hetero) is 4. The van der Waals surface area contributed by atoms with Crippen molar-refractivity contribution in [3.8, 4) is 5.75 Å². The van der Waals surface area contributed by atoms with E-state index in [4.69, 9.17) is 11.5 Å². The van der Waals surface area contributed by atoms with Gasteiger partial charge in [0, 0.05) is 37.8 Å². The van der Waals surface area contributed by atoms with E-state index in [2.05, 4.69) is 5.32 Å². The number of ketones is 4. The second-order valence-electron chi connectivity index (χ2n) is 12.3. The number of phenols is 1. The number of primary amides is 1. The Balaban J connectivity index is 1.59. The number of aromatic hydroxyl groups is 1. The van der Waals surface area contributed by atoms with Crippen molar-refractivity contribution in [2.24, 2.45) is 35.1 Å². The van der Waals surface area contributed by atoms with Gasteiger partial charge >= 0.3 is 0 Å². The Hall–Kier alpha value is -3.68. The first-order valence-electron chi connectivity index (χ1n) is 13.5. The minimum absolute atomic E-state index is 0.0338. The van der Waals surface area contributed by atoms with Crippen molar-refractivity contribution in [3.05, 3.63) is 22.8 Å². The van der Waals surface area contributed by atoms with Crippen molar-refractivity contribution in [1.82, 2.24) is 10.2 Å². The first-order chi connectivity index (χ1) is 19.1. The number of anilines is 1. The van der Waals surface area contributed by atoms with Gasteiger partial charge in [0.2, 0.25) is 11.8 Å². The molecule has 4 aliphatic rings. The molecule has 1 aromatic carbocycles. The molecule has 4 aliphatic carbocycles. The van der Waals surface area contributed by atoms with Gasteiger partial charge in [-0.2, -0.15) is 0 Å². The maximum atomic E-state index is 14.0. The van der Waals surface area contributed by atoms with Gasteiger partial charge in [0.25, 0.3) is 0 Å². The summed E-state index contributed by atoms with van der Waals surface area (Å²) in [5.41, 5.74) is 8.76. The number of rotatable bonds is 6. The van der Waals surface area contributed by atoms with Crippen LogP contribution in [0.25, 0.3) is 0 Å². The molecule has 0 radical (unpaired) electrons. The highest BCUT2D eigenvalue weighted by atomic mass is 16.3. The number of nitrogens with two attached hydrogens (primary N) is 2. The number of hydrogen-bond donors (Lipinski definition) is 5. The number of aliphatic hydroxyl groups is 1. The predicted molar refractivity (Wildman–Crippen MR) is 144 cm³/mol. The van der Waals surface area contributed by atoms with Crippen LogP contribution in [0.2, 0.25) is 0 Å². The summed E-state index contributed by atoms with van der Waals surface area (Å²) >= 11 is 0. The number of fused-ring (bicyclic) bond motifs is 3. The molecule has 41 heavy (non-hydrogen) atoms. The topological polar surface area (TPSA) is 213 Å². The first kappa shape index (κ1) is 28.8. The van der Waals surface area contributed by atoms with Crippen molar-refractivity contribution in [2.45, 2.75) is 49.4 Å². The molecule has 0 saturated heterocycles. The highest BCUT2D eigenvalue weighted by Crippen LogP contribution is 2.52. The average Bonchev–Trinajstić information content (AvgIpc) is 3.63. The summed E-state index contributed by atoms with van der Waals surface area (Å²) in [6.07, 6.45) is 1.20. The van der Waals surface area contributed by atoms with Gasteiger partial charge in [-0.3, -0.25) is 33.7 Å². The number of nitrogens with zero attached hydrogens (tertiary/aromatic N) is 2. The minimum atomic E-state index is -2.79. The summed E-state index contributed by atoms with van der Waals surface area (Å²) in [7, 11) is 6.57. The van der Waals surface area contributed by atoms with E-state index in [1.165, 1.54) is 19.0 Å². The van der Waals surface area contributed by atoms with Crippen molar-refractivity contribution in [3.63, 3.8) is 0 Å². The summed E-state index contributed by atoms with van der Waals surface area (Å²) in [5, 5.41) is 25.7. The minimum Gasteiger partial charge on any atom is -0.507 e. The van der Waals surface area contributed by atoms with Gasteiger partial charge < -0.3 is 31.9 Å². The van der Waals surface area contributed by atoms with Crippen LogP contribution in [0.5, 0.6) is 5.75 Å². The molecule has 0 aliphatic heterocycles. The van der Waals surface area contributed by atoms with E-state index < -0.39 is 75.6 Å². The Morgan fingerprint density at radius 3 is 2.27 bits per heavy atom. The monoisotopic (exact) mass is 569 g/mol. The van der Waals surface area contributed by atoms with E-state index in [1.54, 1.807) is 25.1 Å². The Morgan fingerprint density at radius 1 is 1.10 bits per heavy atom. The zero-order valence-electron chi connectivity index (χ0n) is 23.4. The number of amides is 2. The lowest BCUT2D eigenvalue weighted by Gasteiger charge is -2.52. The van der Waals surface area contributed by atoms with Gasteiger partial charge in [-0.25, -0.2) is 0 Å². The zero-order chi connectivity index (χ0) is 30.3. The molecule has 2 amide bonds. The summed E-state index contributed by atoms with van der Waals surface area (Å²) in [6.45, 7) is -0.121. The predicted octanol–water partition coefficient (Wildman–Crippen LogP) is -1.96. The lowest BCUT2D eigenvalue weighted by molar-refractivity contribution is -0.181. The lowest BCUT2D eigenvalue weighted by Crippen LogP contribution is -2.74. The molecule has 13 nitrogen and oxygen atoms in total. The van der Waals surface area contributed by atoms with Crippen LogP contribution in [-0.4, -0.2) is 95.4 Å². The summed E-state index contributed by atoms with van der Waals surface area (Å²) in [4.78, 5) is 82.4. The van der Waals surface area contributed by atoms with Crippen LogP contribution in [0.15, 0.2) is 6.07 Å². The van der Waals surface area contributed by atoms with E-state index in [0.717, 1.165) is 0 Å². The Kier molecular flexibility index (Phi) is 6.63. The fraction of sp³-hybridized carbons (Fsp3) is 0.571. The van der Waals surface area contributed by atoms with Crippen LogP contribution in [0, 0.1) is 23.7 Å². The van der Waals surface area contributed by atoms with Crippen molar-refractivity contribution in [1.29, 1.82) is 0 Å². The maximum absolute atomic E-state index is 14.0. The molecular weight excluding hydrogens is 534 g/mol. The smallest absolute Gasteiger partial charge is 0.240 e. The molecule has 5 rings (SSSR count). The standard InChI is InChI=1S/C28H35N5O8/c1-32(2)15-9-12(10-31-26(40)27(30)5-6-27)20(34)17-13(15)7-11-8-14-19(33(3)4)22(36)18(25(29)39)24(38)28(14,41)23(37)16(11)21(17)35/h9,11,14,16,18-19,34,41H,5-8,10,30H2,1-4H3,(H2,29,39)(H,31,40)/t11-,14-,16?,18?,19-,28-/m1/s1. The van der Waals surface area contributed by atoms with E-state index in [-0.39, 0.29) is 36.4 Å². The zero-order valence-corrected chi connectivity index (χ0v) is 23.4. The molecule has 0 spiro atoms. The SMILES string of the molecule is CN(C)c1cc(CNC(=O)C2(N)CC2)c(O)c2c1C[C@@H]1C[C@@H]3[C@@H](N(C)C)C(=O)C(C(N)=O)C(=O)[C@]3(O)C(=O)C1C2=O. The van der Waals surface area contributed by atoms with Gasteiger partial charge in [-0.15, -0.1) is 0 Å². The van der Waals surface area contributed by atoms with Gasteiger partial charge in [0.1, 0.15) is 5.75 Å². The highest BCUT2D eigenvalue weighted by molar-refractivity contribution is 6.32. The van der Waals surface area contributed by atoms with Crippen LogP contribution < -0.4 is 21.7 Å². The molecule has 6 atom stereocenters. The summed E-state index contributed by atoms with van der Waals surface area (Å²) in [6, 6.07) is 0.494.